The number of imidazole rings is 1. The summed E-state index contributed by atoms with van der Waals surface area (Å²) in [7, 11) is 0. The van der Waals surface area contributed by atoms with E-state index < -0.39 is 0 Å². The van der Waals surface area contributed by atoms with Gasteiger partial charge in [-0.1, -0.05) is 24.3 Å². The third kappa shape index (κ3) is 2.38. The van der Waals surface area contributed by atoms with Gasteiger partial charge in [-0.3, -0.25) is 0 Å². The van der Waals surface area contributed by atoms with E-state index in [2.05, 4.69) is 37.4 Å². The van der Waals surface area contributed by atoms with Crippen molar-refractivity contribution in [3.8, 4) is 0 Å². The highest BCUT2D eigenvalue weighted by molar-refractivity contribution is 5.81. The lowest BCUT2D eigenvalue weighted by atomic mass is 10.1. The molecule has 0 bridgehead atoms. The number of nitrogens with one attached hydrogen (secondary N) is 2. The van der Waals surface area contributed by atoms with Crippen molar-refractivity contribution < 1.29 is 0 Å². The zero-order chi connectivity index (χ0) is 13.1. The molecule has 3 aromatic rings. The molecular weight excluding hydrogens is 240 g/mol. The quantitative estimate of drug-likeness (QED) is 0.655. The summed E-state index contributed by atoms with van der Waals surface area (Å²) in [5.41, 5.74) is 9.35. The molecule has 1 aromatic carbocycles. The number of benzene rings is 1. The second kappa shape index (κ2) is 5.03. The Labute approximate surface area is 110 Å². The van der Waals surface area contributed by atoms with Crippen LogP contribution in [0.3, 0.4) is 0 Å². The molecule has 0 aliphatic carbocycles. The summed E-state index contributed by atoms with van der Waals surface area (Å²) in [5, 5.41) is 3.27. The van der Waals surface area contributed by atoms with Crippen molar-refractivity contribution in [2.75, 3.05) is 5.32 Å². The molecule has 0 fully saturated rings. The molecule has 3 rings (SSSR count). The Kier molecular flexibility index (Phi) is 3.07. The van der Waals surface area contributed by atoms with E-state index in [1.165, 1.54) is 11.9 Å². The summed E-state index contributed by atoms with van der Waals surface area (Å²) in [6.07, 6.45) is 3.11. The molecule has 0 saturated carbocycles. The number of nitrogens with two attached hydrogens (primary N) is 1. The van der Waals surface area contributed by atoms with Gasteiger partial charge >= 0.3 is 0 Å². The summed E-state index contributed by atoms with van der Waals surface area (Å²) in [6, 6.07) is 8.17. The average Bonchev–Trinajstić information content (AvgIpc) is 2.94. The first-order chi connectivity index (χ1) is 9.36. The van der Waals surface area contributed by atoms with E-state index in [1.807, 2.05) is 12.1 Å². The number of hydrogen-bond donors (Lipinski definition) is 3. The SMILES string of the molecule is NCc1ccc(CNc2ncnc3nc[nH]c23)cc1. The Morgan fingerprint density at radius 2 is 1.84 bits per heavy atom. The summed E-state index contributed by atoms with van der Waals surface area (Å²) in [6.45, 7) is 1.25. The van der Waals surface area contributed by atoms with Crippen LogP contribution in [0.1, 0.15) is 11.1 Å². The smallest absolute Gasteiger partial charge is 0.182 e. The van der Waals surface area contributed by atoms with E-state index in [4.69, 9.17) is 5.73 Å². The second-order valence-electron chi connectivity index (χ2n) is 4.20. The van der Waals surface area contributed by atoms with Gasteiger partial charge in [-0.05, 0) is 11.1 Å². The van der Waals surface area contributed by atoms with Crippen LogP contribution in [-0.4, -0.2) is 19.9 Å². The normalized spacial score (nSPS) is 10.8. The highest BCUT2D eigenvalue weighted by atomic mass is 15.1. The summed E-state index contributed by atoms with van der Waals surface area (Å²) >= 11 is 0. The molecule has 0 aliphatic heterocycles. The maximum absolute atomic E-state index is 5.57. The molecule has 2 heterocycles. The molecule has 0 amide bonds. The first kappa shape index (κ1) is 11.6. The number of fused-ring (bicyclic) bond motifs is 1. The fraction of sp³-hybridized carbons (Fsp3) is 0.154. The zero-order valence-electron chi connectivity index (χ0n) is 10.3. The van der Waals surface area contributed by atoms with Gasteiger partial charge in [0.05, 0.1) is 6.33 Å². The van der Waals surface area contributed by atoms with E-state index in [-0.39, 0.29) is 0 Å². The Hall–Kier alpha value is -2.47. The molecule has 6 nitrogen and oxygen atoms in total. The Bertz CT molecular complexity index is 673. The van der Waals surface area contributed by atoms with Gasteiger partial charge in [-0.2, -0.15) is 0 Å². The van der Waals surface area contributed by atoms with Crippen LogP contribution in [0.25, 0.3) is 11.2 Å². The van der Waals surface area contributed by atoms with Gasteiger partial charge in [0, 0.05) is 13.1 Å². The molecule has 0 aliphatic rings. The van der Waals surface area contributed by atoms with Crippen molar-refractivity contribution in [3.63, 3.8) is 0 Å². The molecule has 19 heavy (non-hydrogen) atoms. The number of aromatic amines is 1. The molecule has 0 saturated heterocycles. The summed E-state index contributed by atoms with van der Waals surface area (Å²) in [4.78, 5) is 15.4. The number of H-pyrrole nitrogens is 1. The third-order valence-electron chi connectivity index (χ3n) is 2.94. The lowest BCUT2D eigenvalue weighted by Crippen LogP contribution is -2.03. The van der Waals surface area contributed by atoms with Crippen LogP contribution in [-0.2, 0) is 13.1 Å². The monoisotopic (exact) mass is 254 g/mol. The summed E-state index contributed by atoms with van der Waals surface area (Å²) in [5.74, 6) is 0.755. The van der Waals surface area contributed by atoms with Crippen molar-refractivity contribution in [1.82, 2.24) is 19.9 Å². The van der Waals surface area contributed by atoms with E-state index in [1.54, 1.807) is 6.33 Å². The van der Waals surface area contributed by atoms with Crippen LogP contribution < -0.4 is 11.1 Å². The van der Waals surface area contributed by atoms with Crippen LogP contribution in [0.15, 0.2) is 36.9 Å². The molecule has 0 spiro atoms. The lowest BCUT2D eigenvalue weighted by molar-refractivity contribution is 1.05. The predicted molar refractivity (Wildman–Crippen MR) is 73.3 cm³/mol. The Balaban J connectivity index is 1.76. The fourth-order valence-corrected chi connectivity index (χ4v) is 1.88. The van der Waals surface area contributed by atoms with E-state index >= 15 is 0 Å². The van der Waals surface area contributed by atoms with Gasteiger partial charge < -0.3 is 16.0 Å². The van der Waals surface area contributed by atoms with Crippen LogP contribution in [0.2, 0.25) is 0 Å². The topological polar surface area (TPSA) is 92.5 Å². The van der Waals surface area contributed by atoms with Crippen LogP contribution in [0, 0.1) is 0 Å². The fourth-order valence-electron chi connectivity index (χ4n) is 1.88. The first-order valence-electron chi connectivity index (χ1n) is 6.02. The van der Waals surface area contributed by atoms with Gasteiger partial charge in [0.2, 0.25) is 0 Å². The zero-order valence-corrected chi connectivity index (χ0v) is 10.3. The van der Waals surface area contributed by atoms with Gasteiger partial charge in [0.25, 0.3) is 0 Å². The minimum Gasteiger partial charge on any atom is -0.364 e. The number of rotatable bonds is 4. The molecule has 2 aromatic heterocycles. The lowest BCUT2D eigenvalue weighted by Gasteiger charge is -2.06. The Morgan fingerprint density at radius 3 is 2.63 bits per heavy atom. The summed E-state index contributed by atoms with van der Waals surface area (Å²) < 4.78 is 0. The number of nitrogens with zero attached hydrogens (tertiary/aromatic N) is 3. The van der Waals surface area contributed by atoms with E-state index in [9.17, 15) is 0 Å². The van der Waals surface area contributed by atoms with Crippen molar-refractivity contribution in [2.45, 2.75) is 13.1 Å². The molecule has 0 unspecified atom stereocenters. The van der Waals surface area contributed by atoms with Crippen molar-refractivity contribution in [3.05, 3.63) is 48.0 Å². The molecule has 0 atom stereocenters. The molecule has 0 radical (unpaired) electrons. The van der Waals surface area contributed by atoms with Gasteiger partial charge in [0.15, 0.2) is 11.5 Å². The van der Waals surface area contributed by atoms with Gasteiger partial charge in [-0.25, -0.2) is 15.0 Å². The number of aromatic nitrogens is 4. The molecule has 4 N–H and O–H groups in total. The average molecular weight is 254 g/mol. The standard InChI is InChI=1S/C13H14N6/c14-5-9-1-3-10(4-2-9)6-15-12-11-13(17-7-16-11)19-8-18-12/h1-4,7-8H,5-6,14H2,(H2,15,16,17,18,19). The van der Waals surface area contributed by atoms with Crippen molar-refractivity contribution in [1.29, 1.82) is 0 Å². The highest BCUT2D eigenvalue weighted by Gasteiger charge is 2.04. The minimum absolute atomic E-state index is 0.564. The van der Waals surface area contributed by atoms with E-state index in [0.29, 0.717) is 18.7 Å². The van der Waals surface area contributed by atoms with Crippen LogP contribution in [0.4, 0.5) is 5.82 Å². The number of hydrogen-bond acceptors (Lipinski definition) is 5. The van der Waals surface area contributed by atoms with Crippen molar-refractivity contribution in [2.24, 2.45) is 5.73 Å². The van der Waals surface area contributed by atoms with E-state index in [0.717, 1.165) is 16.9 Å². The third-order valence-corrected chi connectivity index (χ3v) is 2.94. The second-order valence-corrected chi connectivity index (χ2v) is 4.20. The largest absolute Gasteiger partial charge is 0.364 e. The first-order valence-corrected chi connectivity index (χ1v) is 6.02. The van der Waals surface area contributed by atoms with Crippen LogP contribution in [0.5, 0.6) is 0 Å². The molecule has 96 valence electrons. The Morgan fingerprint density at radius 1 is 1.05 bits per heavy atom. The van der Waals surface area contributed by atoms with Crippen LogP contribution >= 0.6 is 0 Å². The number of anilines is 1. The van der Waals surface area contributed by atoms with Gasteiger partial charge in [0.1, 0.15) is 11.8 Å². The predicted octanol–water partition coefficient (Wildman–Crippen LogP) is 1.42. The molecular formula is C13H14N6. The maximum Gasteiger partial charge on any atom is 0.182 e. The molecule has 6 heteroatoms. The maximum atomic E-state index is 5.57. The van der Waals surface area contributed by atoms with Crippen molar-refractivity contribution >= 4 is 17.0 Å². The minimum atomic E-state index is 0.564. The van der Waals surface area contributed by atoms with Gasteiger partial charge in [-0.15, -0.1) is 0 Å². The highest BCUT2D eigenvalue weighted by Crippen LogP contribution is 2.15.